The van der Waals surface area contributed by atoms with E-state index in [1.54, 1.807) is 41.5 Å². The first-order valence-electron chi connectivity index (χ1n) is 9.06. The van der Waals surface area contributed by atoms with Crippen molar-refractivity contribution < 1.29 is 9.53 Å². The molecule has 9 heteroatoms. The molecular weight excluding hydrogens is 425 g/mol. The number of anilines is 1. The molecule has 152 valence electrons. The average Bonchev–Trinajstić information content (AvgIpc) is 3.36. The predicted molar refractivity (Wildman–Crippen MR) is 115 cm³/mol. The number of halogens is 2. The molecule has 0 aliphatic rings. The molecule has 0 radical (unpaired) electrons. The quantitative estimate of drug-likeness (QED) is 0.450. The standard InChI is InChI=1S/C21H17Cl2N5O2/c22-16-11-25-27(13-16)12-15-4-3-5-17(10-15)26-21(29)19-8-9-24-28(19)14-30-20-7-2-1-6-18(20)23/h1-11,13H,12,14H2,(H,26,29). The Balaban J connectivity index is 1.43. The topological polar surface area (TPSA) is 74.0 Å². The van der Waals surface area contributed by atoms with Crippen molar-refractivity contribution in [1.82, 2.24) is 19.6 Å². The van der Waals surface area contributed by atoms with Gasteiger partial charge in [-0.2, -0.15) is 10.2 Å². The Morgan fingerprint density at radius 3 is 2.73 bits per heavy atom. The molecule has 0 saturated carbocycles. The van der Waals surface area contributed by atoms with Crippen molar-refractivity contribution in [3.05, 3.63) is 94.5 Å². The molecule has 1 amide bonds. The third-order valence-electron chi connectivity index (χ3n) is 4.26. The van der Waals surface area contributed by atoms with Gasteiger partial charge in [0.1, 0.15) is 11.4 Å². The third kappa shape index (κ3) is 4.82. The van der Waals surface area contributed by atoms with Crippen LogP contribution in [0.3, 0.4) is 0 Å². The molecule has 7 nitrogen and oxygen atoms in total. The number of aromatic nitrogens is 4. The monoisotopic (exact) mass is 441 g/mol. The van der Waals surface area contributed by atoms with Crippen LogP contribution in [0.2, 0.25) is 10.0 Å². The maximum absolute atomic E-state index is 12.8. The summed E-state index contributed by atoms with van der Waals surface area (Å²) < 4.78 is 8.87. The van der Waals surface area contributed by atoms with Crippen molar-refractivity contribution in [3.8, 4) is 5.75 Å². The van der Waals surface area contributed by atoms with Crippen LogP contribution in [-0.4, -0.2) is 25.5 Å². The van der Waals surface area contributed by atoms with Crippen molar-refractivity contribution in [3.63, 3.8) is 0 Å². The molecule has 4 rings (SSSR count). The van der Waals surface area contributed by atoms with Crippen LogP contribution in [0.4, 0.5) is 5.69 Å². The minimum absolute atomic E-state index is 0.0551. The molecule has 30 heavy (non-hydrogen) atoms. The summed E-state index contributed by atoms with van der Waals surface area (Å²) in [5, 5.41) is 12.3. The summed E-state index contributed by atoms with van der Waals surface area (Å²) in [7, 11) is 0. The van der Waals surface area contributed by atoms with Gasteiger partial charge in [0.05, 0.1) is 22.8 Å². The van der Waals surface area contributed by atoms with Gasteiger partial charge in [0.25, 0.3) is 5.91 Å². The molecule has 4 aromatic rings. The Hall–Kier alpha value is -3.29. The lowest BCUT2D eigenvalue weighted by atomic mass is 10.2. The summed E-state index contributed by atoms with van der Waals surface area (Å²) in [4.78, 5) is 12.8. The second kappa shape index (κ2) is 9.02. The van der Waals surface area contributed by atoms with E-state index in [0.717, 1.165) is 5.56 Å². The summed E-state index contributed by atoms with van der Waals surface area (Å²) >= 11 is 12.0. The molecule has 1 N–H and O–H groups in total. The lowest BCUT2D eigenvalue weighted by molar-refractivity contribution is 0.100. The molecule has 0 aliphatic carbocycles. The summed E-state index contributed by atoms with van der Waals surface area (Å²) in [5.41, 5.74) is 2.00. The number of hydrogen-bond donors (Lipinski definition) is 1. The van der Waals surface area contributed by atoms with Gasteiger partial charge < -0.3 is 10.1 Å². The van der Waals surface area contributed by atoms with E-state index in [2.05, 4.69) is 15.5 Å². The fraction of sp³-hybridized carbons (Fsp3) is 0.0952. The lowest BCUT2D eigenvalue weighted by Gasteiger charge is -2.11. The van der Waals surface area contributed by atoms with Crippen LogP contribution in [0.1, 0.15) is 16.1 Å². The van der Waals surface area contributed by atoms with Crippen LogP contribution < -0.4 is 10.1 Å². The number of ether oxygens (including phenoxy) is 1. The molecule has 0 saturated heterocycles. The van der Waals surface area contributed by atoms with Crippen LogP contribution >= 0.6 is 23.2 Å². The van der Waals surface area contributed by atoms with Gasteiger partial charge in [-0.05, 0) is 35.9 Å². The molecule has 2 aromatic carbocycles. The zero-order valence-electron chi connectivity index (χ0n) is 15.7. The molecule has 0 fully saturated rings. The number of para-hydroxylation sites is 1. The SMILES string of the molecule is O=C(Nc1cccc(Cn2cc(Cl)cn2)c1)c1ccnn1COc1ccccc1Cl. The van der Waals surface area contributed by atoms with Crippen LogP contribution in [-0.2, 0) is 13.3 Å². The molecule has 2 heterocycles. The largest absolute Gasteiger partial charge is 0.470 e. The fourth-order valence-electron chi connectivity index (χ4n) is 2.88. The first-order chi connectivity index (χ1) is 14.6. The van der Waals surface area contributed by atoms with E-state index in [0.29, 0.717) is 33.7 Å². The minimum atomic E-state index is -0.297. The second-order valence-corrected chi connectivity index (χ2v) is 7.27. The highest BCUT2D eigenvalue weighted by molar-refractivity contribution is 6.32. The minimum Gasteiger partial charge on any atom is -0.470 e. The van der Waals surface area contributed by atoms with Crippen LogP contribution in [0.5, 0.6) is 5.75 Å². The lowest BCUT2D eigenvalue weighted by Crippen LogP contribution is -2.19. The summed E-state index contributed by atoms with van der Waals surface area (Å²) in [6.07, 6.45) is 4.87. The van der Waals surface area contributed by atoms with Gasteiger partial charge >= 0.3 is 0 Å². The van der Waals surface area contributed by atoms with Crippen LogP contribution in [0.15, 0.2) is 73.2 Å². The van der Waals surface area contributed by atoms with Crippen molar-refractivity contribution in [2.75, 3.05) is 5.32 Å². The smallest absolute Gasteiger partial charge is 0.274 e. The van der Waals surface area contributed by atoms with E-state index >= 15 is 0 Å². The fourth-order valence-corrected chi connectivity index (χ4v) is 3.22. The first-order valence-corrected chi connectivity index (χ1v) is 9.81. The molecule has 2 aromatic heterocycles. The number of hydrogen-bond acceptors (Lipinski definition) is 4. The Morgan fingerprint density at radius 1 is 1.07 bits per heavy atom. The summed E-state index contributed by atoms with van der Waals surface area (Å²) in [6, 6.07) is 16.3. The van der Waals surface area contributed by atoms with Gasteiger partial charge in [-0.1, -0.05) is 47.5 Å². The highest BCUT2D eigenvalue weighted by Gasteiger charge is 2.13. The zero-order valence-corrected chi connectivity index (χ0v) is 17.2. The van der Waals surface area contributed by atoms with Crippen LogP contribution in [0, 0.1) is 0 Å². The number of benzene rings is 2. The highest BCUT2D eigenvalue weighted by atomic mass is 35.5. The van der Waals surface area contributed by atoms with Crippen molar-refractivity contribution in [2.24, 2.45) is 0 Å². The van der Waals surface area contributed by atoms with E-state index in [9.17, 15) is 4.79 Å². The molecule has 0 bridgehead atoms. The van der Waals surface area contributed by atoms with E-state index in [4.69, 9.17) is 27.9 Å². The first kappa shape index (κ1) is 20.0. The van der Waals surface area contributed by atoms with Crippen molar-refractivity contribution in [1.29, 1.82) is 0 Å². The molecule has 0 unspecified atom stereocenters. The predicted octanol–water partition coefficient (Wildman–Crippen LogP) is 4.72. The van der Waals surface area contributed by atoms with Gasteiger partial charge in [-0.3, -0.25) is 9.48 Å². The summed E-state index contributed by atoms with van der Waals surface area (Å²) in [6.45, 7) is 0.597. The van der Waals surface area contributed by atoms with Gasteiger partial charge in [-0.15, -0.1) is 0 Å². The Kier molecular flexibility index (Phi) is 6.02. The second-order valence-electron chi connectivity index (χ2n) is 6.43. The Labute approximate surface area is 182 Å². The third-order valence-corrected chi connectivity index (χ3v) is 4.77. The molecule has 0 aliphatic heterocycles. The normalized spacial score (nSPS) is 10.7. The van der Waals surface area contributed by atoms with Crippen LogP contribution in [0.25, 0.3) is 0 Å². The molecule has 0 atom stereocenters. The average molecular weight is 442 g/mol. The van der Waals surface area contributed by atoms with Gasteiger partial charge in [0.2, 0.25) is 0 Å². The van der Waals surface area contributed by atoms with E-state index in [1.807, 2.05) is 36.4 Å². The van der Waals surface area contributed by atoms with Crippen molar-refractivity contribution >= 4 is 34.8 Å². The van der Waals surface area contributed by atoms with E-state index in [-0.39, 0.29) is 12.6 Å². The maximum Gasteiger partial charge on any atom is 0.274 e. The Morgan fingerprint density at radius 2 is 1.93 bits per heavy atom. The van der Waals surface area contributed by atoms with E-state index in [1.165, 1.54) is 4.68 Å². The number of carbonyl (C=O) groups excluding carboxylic acids is 1. The number of amides is 1. The molecular formula is C21H17Cl2N5O2. The van der Waals surface area contributed by atoms with Gasteiger partial charge in [0.15, 0.2) is 6.73 Å². The number of nitrogens with one attached hydrogen (secondary N) is 1. The number of rotatable bonds is 7. The maximum atomic E-state index is 12.8. The number of nitrogens with zero attached hydrogens (tertiary/aromatic N) is 4. The van der Waals surface area contributed by atoms with E-state index < -0.39 is 0 Å². The van der Waals surface area contributed by atoms with Crippen molar-refractivity contribution in [2.45, 2.75) is 13.3 Å². The number of carbonyl (C=O) groups is 1. The zero-order chi connectivity index (χ0) is 20.9. The molecule has 0 spiro atoms. The Bertz CT molecular complexity index is 1170. The highest BCUT2D eigenvalue weighted by Crippen LogP contribution is 2.23. The van der Waals surface area contributed by atoms with Gasteiger partial charge in [0, 0.05) is 18.1 Å². The summed E-state index contributed by atoms with van der Waals surface area (Å²) in [5.74, 6) is 0.224. The van der Waals surface area contributed by atoms with Gasteiger partial charge in [-0.25, -0.2) is 4.68 Å².